The highest BCUT2D eigenvalue weighted by molar-refractivity contribution is 7.16. The Morgan fingerprint density at radius 1 is 1.12 bits per heavy atom. The fourth-order valence-electron chi connectivity index (χ4n) is 4.20. The fraction of sp³-hybridized carbons (Fsp3) is 0.400. The van der Waals surface area contributed by atoms with E-state index in [1.807, 2.05) is 12.1 Å². The molecule has 1 aliphatic heterocycles. The third-order valence-electron chi connectivity index (χ3n) is 6.05. The molecule has 0 aliphatic carbocycles. The van der Waals surface area contributed by atoms with Crippen LogP contribution in [0.5, 0.6) is 11.5 Å². The minimum atomic E-state index is -0.241. The molecular formula is C25H31N3O4S. The van der Waals surface area contributed by atoms with Crippen LogP contribution >= 0.6 is 11.3 Å². The molecule has 1 amide bonds. The molecule has 0 bridgehead atoms. The highest BCUT2D eigenvalue weighted by atomic mass is 32.1. The monoisotopic (exact) mass is 469 g/mol. The molecule has 0 saturated carbocycles. The zero-order valence-corrected chi connectivity index (χ0v) is 20.4. The smallest absolute Gasteiger partial charge is 0.291 e. The number of benzene rings is 1. The Morgan fingerprint density at radius 2 is 1.88 bits per heavy atom. The summed E-state index contributed by atoms with van der Waals surface area (Å²) in [6, 6.07) is 11.7. The van der Waals surface area contributed by atoms with Crippen molar-refractivity contribution in [3.8, 4) is 11.5 Å². The molecule has 0 spiro atoms. The number of rotatable bonds is 8. The second kappa shape index (κ2) is 10.4. The standard InChI is InChI=1S/C25H31N3O4S/c1-5-18-16-19(25(33-18)26-24(29)21-7-6-14-32-21)23(28-12-10-27(2)11-13-28)17-8-9-20(30-3)22(15-17)31-4/h6-9,14-16,23H,5,10-13H2,1-4H3,(H,26,29). The molecule has 1 aliphatic rings. The Labute approximate surface area is 198 Å². The van der Waals surface area contributed by atoms with Crippen molar-refractivity contribution in [2.45, 2.75) is 19.4 Å². The Balaban J connectivity index is 1.77. The van der Waals surface area contributed by atoms with Crippen molar-refractivity contribution in [3.63, 3.8) is 0 Å². The van der Waals surface area contributed by atoms with Gasteiger partial charge in [-0.25, -0.2) is 0 Å². The summed E-state index contributed by atoms with van der Waals surface area (Å²) in [6.07, 6.45) is 2.41. The average Bonchev–Trinajstić information content (AvgIpc) is 3.51. The van der Waals surface area contributed by atoms with Crippen molar-refractivity contribution < 1.29 is 18.7 Å². The van der Waals surface area contributed by atoms with Crippen molar-refractivity contribution >= 4 is 22.2 Å². The summed E-state index contributed by atoms with van der Waals surface area (Å²) in [5.74, 6) is 1.45. The van der Waals surface area contributed by atoms with E-state index in [4.69, 9.17) is 13.9 Å². The fourth-order valence-corrected chi connectivity index (χ4v) is 5.22. The number of thiophene rings is 1. The van der Waals surface area contributed by atoms with Gasteiger partial charge in [-0.05, 0) is 49.4 Å². The molecule has 1 unspecified atom stereocenters. The summed E-state index contributed by atoms with van der Waals surface area (Å²) in [5, 5.41) is 3.96. The molecule has 1 N–H and O–H groups in total. The molecule has 3 aromatic rings. The van der Waals surface area contributed by atoms with Crippen molar-refractivity contribution in [2.24, 2.45) is 0 Å². The van der Waals surface area contributed by atoms with Crippen LogP contribution in [0, 0.1) is 0 Å². The van der Waals surface area contributed by atoms with E-state index in [9.17, 15) is 4.79 Å². The maximum atomic E-state index is 12.8. The van der Waals surface area contributed by atoms with E-state index < -0.39 is 0 Å². The summed E-state index contributed by atoms with van der Waals surface area (Å²) in [5.41, 5.74) is 2.19. The van der Waals surface area contributed by atoms with Crippen LogP contribution in [-0.2, 0) is 6.42 Å². The molecule has 0 radical (unpaired) electrons. The van der Waals surface area contributed by atoms with E-state index in [-0.39, 0.29) is 11.9 Å². The van der Waals surface area contributed by atoms with E-state index in [2.05, 4.69) is 41.2 Å². The lowest BCUT2D eigenvalue weighted by molar-refractivity contribution is 0.0996. The summed E-state index contributed by atoms with van der Waals surface area (Å²) in [4.78, 5) is 18.9. The number of amides is 1. The van der Waals surface area contributed by atoms with E-state index in [0.717, 1.165) is 48.7 Å². The van der Waals surface area contributed by atoms with Gasteiger partial charge in [0.2, 0.25) is 0 Å². The molecule has 8 heteroatoms. The van der Waals surface area contributed by atoms with Crippen LogP contribution in [0.4, 0.5) is 5.00 Å². The molecule has 1 fully saturated rings. The second-order valence-corrected chi connectivity index (χ2v) is 9.28. The lowest BCUT2D eigenvalue weighted by Gasteiger charge is -2.38. The minimum absolute atomic E-state index is 0.0260. The Hall–Kier alpha value is -2.81. The average molecular weight is 470 g/mol. The Kier molecular flexibility index (Phi) is 7.37. The lowest BCUT2D eigenvalue weighted by Crippen LogP contribution is -2.46. The molecule has 176 valence electrons. The van der Waals surface area contributed by atoms with E-state index in [1.54, 1.807) is 37.7 Å². The molecule has 1 saturated heterocycles. The van der Waals surface area contributed by atoms with Crippen LogP contribution in [0.2, 0.25) is 0 Å². The lowest BCUT2D eigenvalue weighted by atomic mass is 9.96. The Bertz CT molecular complexity index is 1070. The minimum Gasteiger partial charge on any atom is -0.493 e. The normalized spacial score (nSPS) is 15.9. The number of hydrogen-bond acceptors (Lipinski definition) is 7. The molecular weight excluding hydrogens is 438 g/mol. The van der Waals surface area contributed by atoms with Gasteiger partial charge in [-0.1, -0.05) is 13.0 Å². The van der Waals surface area contributed by atoms with Gasteiger partial charge in [0.15, 0.2) is 17.3 Å². The molecule has 3 heterocycles. The molecule has 33 heavy (non-hydrogen) atoms. The molecule has 1 aromatic carbocycles. The summed E-state index contributed by atoms with van der Waals surface area (Å²) >= 11 is 1.62. The number of carbonyl (C=O) groups excluding carboxylic acids is 1. The molecule has 7 nitrogen and oxygen atoms in total. The van der Waals surface area contributed by atoms with Gasteiger partial charge >= 0.3 is 0 Å². The number of aryl methyl sites for hydroxylation is 1. The summed E-state index contributed by atoms with van der Waals surface area (Å²) < 4.78 is 16.4. The first-order valence-electron chi connectivity index (χ1n) is 11.2. The van der Waals surface area contributed by atoms with Gasteiger partial charge < -0.3 is 24.1 Å². The van der Waals surface area contributed by atoms with Crippen molar-refractivity contribution in [2.75, 3.05) is 52.8 Å². The SMILES string of the molecule is CCc1cc(C(c2ccc(OC)c(OC)c2)N2CCN(C)CC2)c(NC(=O)c2ccco2)s1. The zero-order chi connectivity index (χ0) is 23.4. The molecule has 1 atom stereocenters. The summed E-state index contributed by atoms with van der Waals surface area (Å²) in [6.45, 7) is 5.97. The maximum absolute atomic E-state index is 12.8. The van der Waals surface area contributed by atoms with Gasteiger partial charge in [0, 0.05) is 36.6 Å². The number of hydrogen-bond donors (Lipinski definition) is 1. The van der Waals surface area contributed by atoms with Crippen LogP contribution in [0.15, 0.2) is 47.1 Å². The van der Waals surface area contributed by atoms with Crippen LogP contribution in [0.25, 0.3) is 0 Å². The first-order valence-corrected chi connectivity index (χ1v) is 12.0. The van der Waals surface area contributed by atoms with E-state index in [1.165, 1.54) is 11.1 Å². The number of anilines is 1. The highest BCUT2D eigenvalue weighted by Gasteiger charge is 2.30. The number of furan rings is 1. The maximum Gasteiger partial charge on any atom is 0.291 e. The van der Waals surface area contributed by atoms with Crippen molar-refractivity contribution in [3.05, 3.63) is 64.4 Å². The van der Waals surface area contributed by atoms with Gasteiger partial charge in [-0.2, -0.15) is 0 Å². The van der Waals surface area contributed by atoms with Gasteiger partial charge in [0.05, 0.1) is 26.5 Å². The Morgan fingerprint density at radius 3 is 2.52 bits per heavy atom. The quantitative estimate of drug-likeness (QED) is 0.524. The molecule has 4 rings (SSSR count). The van der Waals surface area contributed by atoms with Gasteiger partial charge in [-0.15, -0.1) is 11.3 Å². The van der Waals surface area contributed by atoms with Gasteiger partial charge in [0.25, 0.3) is 5.91 Å². The predicted molar refractivity (Wildman–Crippen MR) is 131 cm³/mol. The van der Waals surface area contributed by atoms with E-state index >= 15 is 0 Å². The first-order chi connectivity index (χ1) is 16.0. The van der Waals surface area contributed by atoms with E-state index in [0.29, 0.717) is 17.3 Å². The number of likely N-dealkylation sites (N-methyl/N-ethyl adjacent to an activating group) is 1. The number of piperazine rings is 1. The first kappa shape index (κ1) is 23.4. The van der Waals surface area contributed by atoms with Crippen LogP contribution in [-0.4, -0.2) is 63.2 Å². The third kappa shape index (κ3) is 5.08. The van der Waals surface area contributed by atoms with Gasteiger partial charge in [0.1, 0.15) is 5.00 Å². The second-order valence-electron chi connectivity index (χ2n) is 8.14. The van der Waals surface area contributed by atoms with Crippen LogP contribution in [0.3, 0.4) is 0 Å². The number of nitrogens with zero attached hydrogens (tertiary/aromatic N) is 2. The third-order valence-corrected chi connectivity index (χ3v) is 7.26. The summed E-state index contributed by atoms with van der Waals surface area (Å²) in [7, 11) is 5.45. The van der Waals surface area contributed by atoms with Gasteiger partial charge in [-0.3, -0.25) is 9.69 Å². The largest absolute Gasteiger partial charge is 0.493 e. The van der Waals surface area contributed by atoms with Crippen LogP contribution < -0.4 is 14.8 Å². The zero-order valence-electron chi connectivity index (χ0n) is 19.6. The topological polar surface area (TPSA) is 67.2 Å². The number of nitrogens with one attached hydrogen (secondary N) is 1. The predicted octanol–water partition coefficient (Wildman–Crippen LogP) is 4.51. The highest BCUT2D eigenvalue weighted by Crippen LogP contribution is 2.42. The van der Waals surface area contributed by atoms with Crippen molar-refractivity contribution in [1.82, 2.24) is 9.80 Å². The number of methoxy groups -OCH3 is 2. The van der Waals surface area contributed by atoms with Crippen LogP contribution in [0.1, 0.15) is 39.5 Å². The molecule has 2 aromatic heterocycles. The van der Waals surface area contributed by atoms with Crippen molar-refractivity contribution in [1.29, 1.82) is 0 Å². The number of ether oxygens (including phenoxy) is 2. The number of carbonyl (C=O) groups is 1.